The number of benzene rings is 2. The van der Waals surface area contributed by atoms with E-state index >= 15 is 4.39 Å². The summed E-state index contributed by atoms with van der Waals surface area (Å²) in [6.45, 7) is 7.50. The van der Waals surface area contributed by atoms with Crippen LogP contribution in [0.1, 0.15) is 57.4 Å². The molecule has 4 aliphatic rings. The van der Waals surface area contributed by atoms with Crippen molar-refractivity contribution < 1.29 is 14.0 Å². The molecule has 1 atom stereocenters. The van der Waals surface area contributed by atoms with E-state index in [-0.39, 0.29) is 23.6 Å². The lowest BCUT2D eigenvalue weighted by molar-refractivity contribution is -0.136. The zero-order valence-electron chi connectivity index (χ0n) is 25.7. The molecule has 3 aromatic rings. The molecule has 4 saturated heterocycles. The van der Waals surface area contributed by atoms with Crippen LogP contribution in [0.5, 0.6) is 0 Å². The highest BCUT2D eigenvalue weighted by atomic mass is 19.1. The quantitative estimate of drug-likeness (QED) is 0.330. The summed E-state index contributed by atoms with van der Waals surface area (Å²) in [4.78, 5) is 44.4. The van der Waals surface area contributed by atoms with E-state index in [0.717, 1.165) is 61.6 Å². The Bertz CT molecular complexity index is 1630. The summed E-state index contributed by atoms with van der Waals surface area (Å²) in [5.41, 5.74) is 8.80. The second-order valence-corrected chi connectivity index (χ2v) is 13.5. The Morgan fingerprint density at radius 2 is 1.47 bits per heavy atom. The number of carbonyl (C=O) groups is 2. The lowest BCUT2D eigenvalue weighted by Gasteiger charge is -2.48. The van der Waals surface area contributed by atoms with Crippen LogP contribution in [0.2, 0.25) is 0 Å². The second-order valence-electron chi connectivity index (χ2n) is 13.5. The van der Waals surface area contributed by atoms with Gasteiger partial charge in [0.1, 0.15) is 6.04 Å². The predicted octanol–water partition coefficient (Wildman–Crippen LogP) is 3.69. The zero-order valence-corrected chi connectivity index (χ0v) is 25.7. The van der Waals surface area contributed by atoms with E-state index in [4.69, 9.17) is 5.73 Å². The summed E-state index contributed by atoms with van der Waals surface area (Å²) in [5, 5.41) is 6.40. The smallest absolute Gasteiger partial charge is 0.275 e. The third-order valence-corrected chi connectivity index (χ3v) is 10.9. The highest BCUT2D eigenvalue weighted by molar-refractivity contribution is 5.99. The van der Waals surface area contributed by atoms with Gasteiger partial charge >= 0.3 is 0 Å². The highest BCUT2D eigenvalue weighted by Gasteiger charge is 2.38. The summed E-state index contributed by atoms with van der Waals surface area (Å²) < 4.78 is 16.1. The third-order valence-electron chi connectivity index (χ3n) is 10.9. The molecule has 11 heteroatoms. The van der Waals surface area contributed by atoms with Gasteiger partial charge in [0.25, 0.3) is 11.5 Å². The molecule has 0 bridgehead atoms. The molecule has 7 rings (SSSR count). The van der Waals surface area contributed by atoms with Crippen LogP contribution in [0.4, 0.5) is 21.5 Å². The summed E-state index contributed by atoms with van der Waals surface area (Å²) in [5.74, 6) is -1.17. The van der Waals surface area contributed by atoms with Crippen molar-refractivity contribution in [1.29, 1.82) is 0 Å². The van der Waals surface area contributed by atoms with Crippen molar-refractivity contribution in [2.24, 2.45) is 11.3 Å². The summed E-state index contributed by atoms with van der Waals surface area (Å²) >= 11 is 0. The highest BCUT2D eigenvalue weighted by Crippen LogP contribution is 2.42. The number of anilines is 3. The Hall–Kier alpha value is -3.99. The predicted molar refractivity (Wildman–Crippen MR) is 173 cm³/mol. The minimum absolute atomic E-state index is 0.0858. The van der Waals surface area contributed by atoms with Crippen LogP contribution in [-0.2, 0) is 9.59 Å². The normalized spacial score (nSPS) is 23.1. The van der Waals surface area contributed by atoms with E-state index in [2.05, 4.69) is 37.2 Å². The van der Waals surface area contributed by atoms with Crippen molar-refractivity contribution >= 4 is 39.6 Å². The number of piperidine rings is 4. The van der Waals surface area contributed by atoms with Gasteiger partial charge in [0.15, 0.2) is 0 Å². The SMILES string of the molecule is Nc1ccc(N2CCC3(CCN(CC4CCN(c5ccc6c(=O)n(C7CCC(=O)NC7=O)nc(F)c6c5)CC4)CC3)CC2)cc1. The van der Waals surface area contributed by atoms with Crippen LogP contribution in [0, 0.1) is 17.3 Å². The molecule has 10 nitrogen and oxygen atoms in total. The number of hydrogen-bond acceptors (Lipinski definition) is 8. The van der Waals surface area contributed by atoms with Crippen molar-refractivity contribution in [1.82, 2.24) is 20.0 Å². The van der Waals surface area contributed by atoms with E-state index in [9.17, 15) is 14.4 Å². The molecular weight excluding hydrogens is 573 g/mol. The first-order valence-electron chi connectivity index (χ1n) is 16.4. The topological polar surface area (TPSA) is 117 Å². The molecule has 0 aliphatic carbocycles. The van der Waals surface area contributed by atoms with E-state index in [0.29, 0.717) is 11.3 Å². The van der Waals surface area contributed by atoms with Crippen molar-refractivity contribution in [3.05, 3.63) is 58.8 Å². The summed E-state index contributed by atoms with van der Waals surface area (Å²) in [6, 6.07) is 12.5. The number of carbonyl (C=O) groups excluding carboxylic acids is 2. The minimum Gasteiger partial charge on any atom is -0.399 e. The van der Waals surface area contributed by atoms with Gasteiger partial charge in [-0.3, -0.25) is 19.7 Å². The summed E-state index contributed by atoms with van der Waals surface area (Å²) in [7, 11) is 0. The third kappa shape index (κ3) is 6.02. The van der Waals surface area contributed by atoms with Crippen molar-refractivity contribution in [3.8, 4) is 0 Å². The van der Waals surface area contributed by atoms with Crippen LogP contribution in [0.15, 0.2) is 47.3 Å². The number of likely N-dealkylation sites (tertiary alicyclic amines) is 1. The molecule has 0 saturated carbocycles. The van der Waals surface area contributed by atoms with Gasteiger partial charge in [-0.25, -0.2) is 4.68 Å². The number of halogens is 1. The number of aromatic nitrogens is 2. The van der Waals surface area contributed by atoms with Gasteiger partial charge in [-0.2, -0.15) is 4.39 Å². The Balaban J connectivity index is 0.915. The number of nitrogens with zero attached hydrogens (tertiary/aromatic N) is 5. The van der Waals surface area contributed by atoms with Gasteiger partial charge < -0.3 is 20.4 Å². The standard InChI is InChI=1S/C34H42FN7O3/c35-31-28-21-26(5-6-27(28)33(45)42(38-31)29-7-8-30(43)37-32(29)44)40-15-9-23(10-16-40)22-39-17-11-34(12-18-39)13-19-41(20-14-34)25-3-1-24(36)2-4-25/h1-6,21,23,29H,7-20,22,36H2,(H,37,43,44). The number of fused-ring (bicyclic) bond motifs is 1. The summed E-state index contributed by atoms with van der Waals surface area (Å²) in [6.07, 6.45) is 7.45. The fourth-order valence-electron chi connectivity index (χ4n) is 7.90. The number of nitrogen functional groups attached to an aromatic ring is 1. The van der Waals surface area contributed by atoms with Crippen LogP contribution in [0.3, 0.4) is 0 Å². The molecule has 4 fully saturated rings. The van der Waals surface area contributed by atoms with Crippen molar-refractivity contribution in [2.45, 2.75) is 57.4 Å². The molecule has 1 spiro atoms. The molecule has 2 aromatic carbocycles. The number of nitrogens with one attached hydrogen (secondary N) is 1. The lowest BCUT2D eigenvalue weighted by Crippen LogP contribution is -2.48. The maximum absolute atomic E-state index is 15.2. The average Bonchev–Trinajstić information content (AvgIpc) is 3.05. The molecule has 238 valence electrons. The molecule has 3 N–H and O–H groups in total. The monoisotopic (exact) mass is 615 g/mol. The molecular formula is C34H42FN7O3. The molecule has 5 heterocycles. The molecule has 4 aliphatic heterocycles. The molecule has 45 heavy (non-hydrogen) atoms. The Morgan fingerprint density at radius 1 is 0.822 bits per heavy atom. The number of hydrogen-bond donors (Lipinski definition) is 2. The van der Waals surface area contributed by atoms with Gasteiger partial charge in [-0.1, -0.05) is 0 Å². The Morgan fingerprint density at radius 3 is 2.16 bits per heavy atom. The first-order chi connectivity index (χ1) is 21.8. The van der Waals surface area contributed by atoms with E-state index < -0.39 is 29.4 Å². The van der Waals surface area contributed by atoms with Gasteiger partial charge in [0.05, 0.1) is 5.39 Å². The maximum atomic E-state index is 15.2. The lowest BCUT2D eigenvalue weighted by atomic mass is 9.71. The van der Waals surface area contributed by atoms with Gasteiger partial charge in [0, 0.05) is 61.6 Å². The Kier molecular flexibility index (Phi) is 7.97. The Labute approximate surface area is 262 Å². The number of imide groups is 1. The van der Waals surface area contributed by atoms with Gasteiger partial charge in [-0.05, 0) is 112 Å². The largest absolute Gasteiger partial charge is 0.399 e. The molecule has 1 unspecified atom stereocenters. The first kappa shape index (κ1) is 29.7. The second kappa shape index (κ2) is 12.1. The van der Waals surface area contributed by atoms with Crippen molar-refractivity contribution in [2.75, 3.05) is 61.3 Å². The molecule has 2 amide bonds. The van der Waals surface area contributed by atoms with Crippen LogP contribution < -0.4 is 26.4 Å². The number of amides is 2. The van der Waals surface area contributed by atoms with Gasteiger partial charge in [0.2, 0.25) is 11.9 Å². The number of rotatable bonds is 5. The van der Waals surface area contributed by atoms with Crippen molar-refractivity contribution in [3.63, 3.8) is 0 Å². The number of nitrogens with two attached hydrogens (primary N) is 1. The van der Waals surface area contributed by atoms with Crippen LogP contribution >= 0.6 is 0 Å². The van der Waals surface area contributed by atoms with Crippen LogP contribution in [-0.4, -0.2) is 72.3 Å². The fraction of sp³-hybridized carbons (Fsp3) is 0.529. The van der Waals surface area contributed by atoms with Gasteiger partial charge in [-0.15, -0.1) is 5.10 Å². The van der Waals surface area contributed by atoms with Crippen LogP contribution in [0.25, 0.3) is 10.8 Å². The zero-order chi connectivity index (χ0) is 31.1. The maximum Gasteiger partial charge on any atom is 0.275 e. The molecule has 1 aromatic heterocycles. The average molecular weight is 616 g/mol. The minimum atomic E-state index is -0.994. The first-order valence-corrected chi connectivity index (χ1v) is 16.4. The van der Waals surface area contributed by atoms with E-state index in [1.165, 1.54) is 44.5 Å². The molecule has 0 radical (unpaired) electrons. The fourth-order valence-corrected chi connectivity index (χ4v) is 7.90. The van der Waals surface area contributed by atoms with E-state index in [1.54, 1.807) is 12.1 Å². The van der Waals surface area contributed by atoms with E-state index in [1.807, 2.05) is 18.2 Å².